The van der Waals surface area contributed by atoms with Gasteiger partial charge in [-0.25, -0.2) is 10.1 Å². The molecule has 0 saturated carbocycles. The lowest BCUT2D eigenvalue weighted by molar-refractivity contribution is -0.138. The summed E-state index contributed by atoms with van der Waals surface area (Å²) in [6.45, 7) is 10.6. The predicted octanol–water partition coefficient (Wildman–Crippen LogP) is 9.75. The molecule has 0 unspecified atom stereocenters. The van der Waals surface area contributed by atoms with E-state index in [9.17, 15) is 14.9 Å². The van der Waals surface area contributed by atoms with E-state index in [-0.39, 0.29) is 18.5 Å². The summed E-state index contributed by atoms with van der Waals surface area (Å²) >= 11 is 2.84. The maximum Gasteiger partial charge on any atom is 0.303 e. The molecule has 1 aromatic carbocycles. The number of hydrogen-bond acceptors (Lipinski definition) is 7. The van der Waals surface area contributed by atoms with Crippen molar-refractivity contribution in [3.05, 3.63) is 33.0 Å². The Labute approximate surface area is 265 Å². The Bertz CT molecular complexity index is 1140. The lowest BCUT2D eigenvalue weighted by atomic mass is 10.1. The van der Waals surface area contributed by atoms with E-state index in [4.69, 9.17) is 26.3 Å². The molecule has 1 aliphatic rings. The number of allylic oxidation sites excluding steroid dienone is 1. The molecular weight excluding hydrogens is 585 g/mol. The number of thioether (sulfide) groups is 2. The molecule has 0 aromatic heterocycles. The van der Waals surface area contributed by atoms with Crippen LogP contribution in [0.2, 0.25) is 0 Å². The second-order valence-corrected chi connectivity index (χ2v) is 13.2. The summed E-state index contributed by atoms with van der Waals surface area (Å²) in [5.74, 6) is 0.146. The predicted molar refractivity (Wildman–Crippen MR) is 172 cm³/mol. The van der Waals surface area contributed by atoms with Crippen molar-refractivity contribution in [1.82, 2.24) is 0 Å². The monoisotopic (exact) mass is 630 g/mol. The van der Waals surface area contributed by atoms with Gasteiger partial charge < -0.3 is 19.7 Å². The van der Waals surface area contributed by atoms with Gasteiger partial charge in [0.2, 0.25) is 0 Å². The van der Waals surface area contributed by atoms with Crippen molar-refractivity contribution in [3.63, 3.8) is 0 Å². The molecule has 0 bridgehead atoms. The maximum absolute atomic E-state index is 10.6. The third-order valence-electron chi connectivity index (χ3n) is 7.22. The number of aliphatic carboxylic acids is 2. The molecule has 2 N–H and O–H groups in total. The molecule has 0 aliphatic carbocycles. The van der Waals surface area contributed by atoms with Crippen molar-refractivity contribution in [3.8, 4) is 17.6 Å². The Balaban J connectivity index is 1.81. The molecule has 43 heavy (non-hydrogen) atoms. The maximum atomic E-state index is 10.6. The van der Waals surface area contributed by atoms with Gasteiger partial charge in [-0.15, -0.1) is 0 Å². The minimum absolute atomic E-state index is 0.0895. The fourth-order valence-electron chi connectivity index (χ4n) is 4.85. The summed E-state index contributed by atoms with van der Waals surface area (Å²) < 4.78 is 13.2. The van der Waals surface area contributed by atoms with Crippen LogP contribution in [-0.4, -0.2) is 35.4 Å². The fraction of sp³-hybridized carbons (Fsp3) is 0.636. The van der Waals surface area contributed by atoms with Crippen LogP contribution in [0.25, 0.3) is 4.85 Å². The molecule has 1 aliphatic heterocycles. The van der Waals surface area contributed by atoms with Crippen molar-refractivity contribution in [2.45, 2.75) is 132 Å². The lowest BCUT2D eigenvalue weighted by Crippen LogP contribution is -2.03. The summed E-state index contributed by atoms with van der Waals surface area (Å²) in [5.41, 5.74) is 1.07. The van der Waals surface area contributed by atoms with E-state index < -0.39 is 11.9 Å². The Hall–Kier alpha value is -2.82. The molecule has 236 valence electrons. The van der Waals surface area contributed by atoms with Gasteiger partial charge in [-0.05, 0) is 44.2 Å². The molecule has 0 atom stereocenters. The van der Waals surface area contributed by atoms with Crippen molar-refractivity contribution >= 4 is 35.5 Å². The van der Waals surface area contributed by atoms with Crippen LogP contribution in [0.5, 0.6) is 11.5 Å². The van der Waals surface area contributed by atoms with Crippen LogP contribution in [0, 0.1) is 24.8 Å². The van der Waals surface area contributed by atoms with E-state index in [2.05, 4.69) is 4.85 Å². The van der Waals surface area contributed by atoms with E-state index >= 15 is 0 Å². The first kappa shape index (κ1) is 36.4. The first-order valence-corrected chi connectivity index (χ1v) is 17.2. The Kier molecular flexibility index (Phi) is 18.4. The molecular formula is C33H46N2O6S2. The molecule has 0 amide bonds. The summed E-state index contributed by atoms with van der Waals surface area (Å²) in [4.78, 5) is 26.4. The molecule has 0 saturated heterocycles. The van der Waals surface area contributed by atoms with Gasteiger partial charge in [-0.3, -0.25) is 9.59 Å². The van der Waals surface area contributed by atoms with Gasteiger partial charge in [0.1, 0.15) is 11.5 Å². The van der Waals surface area contributed by atoms with Crippen LogP contribution in [-0.2, 0) is 9.59 Å². The van der Waals surface area contributed by atoms with Crippen LogP contribution in [0.15, 0.2) is 25.8 Å². The number of carboxylic acids is 2. The first-order chi connectivity index (χ1) is 20.9. The van der Waals surface area contributed by atoms with Crippen LogP contribution in [0.3, 0.4) is 0 Å². The number of fused-ring (bicyclic) bond motifs is 1. The van der Waals surface area contributed by atoms with Crippen molar-refractivity contribution in [2.24, 2.45) is 0 Å². The number of carbonyl (C=O) groups is 2. The second kappa shape index (κ2) is 21.8. The average Bonchev–Trinajstić information content (AvgIpc) is 3.41. The highest BCUT2D eigenvalue weighted by Gasteiger charge is 2.30. The summed E-state index contributed by atoms with van der Waals surface area (Å²) in [7, 11) is 0. The fourth-order valence-corrected chi connectivity index (χ4v) is 7.42. The standard InChI is InChI=1S/C33H46N2O6S2/c1-25-23-27(40-21-17-13-9-5-3-7-11-15-19-28(36)37)31-32(43-33(42-31)26(24-34)35-2)30(25)41-22-18-14-10-6-4-8-12-16-20-29(38)39/h23H,3-22H2,1H3,(H,36,37)(H,38,39)/b33-26+. The van der Waals surface area contributed by atoms with Gasteiger partial charge in [0.25, 0.3) is 5.70 Å². The number of carboxylic acid groups (broad SMARTS) is 2. The number of benzene rings is 1. The number of hydrogen-bond donors (Lipinski definition) is 2. The minimum atomic E-state index is -0.716. The molecule has 0 spiro atoms. The summed E-state index contributed by atoms with van der Waals surface area (Å²) in [6.07, 6.45) is 17.0. The van der Waals surface area contributed by atoms with Gasteiger partial charge in [0, 0.05) is 12.8 Å². The zero-order valence-corrected chi connectivity index (χ0v) is 27.1. The van der Waals surface area contributed by atoms with Gasteiger partial charge >= 0.3 is 11.9 Å². The number of nitriles is 1. The van der Waals surface area contributed by atoms with E-state index in [1.54, 1.807) is 0 Å². The number of unbranched alkanes of at least 4 members (excludes halogenated alkanes) is 14. The van der Waals surface area contributed by atoms with Crippen molar-refractivity contribution in [2.75, 3.05) is 13.2 Å². The number of ether oxygens (including phenoxy) is 2. The molecule has 0 fully saturated rings. The quantitative estimate of drug-likeness (QED) is 0.0653. The van der Waals surface area contributed by atoms with E-state index in [1.165, 1.54) is 23.5 Å². The van der Waals surface area contributed by atoms with Gasteiger partial charge in [-0.1, -0.05) is 101 Å². The van der Waals surface area contributed by atoms with Gasteiger partial charge in [0.15, 0.2) is 0 Å². The normalized spacial score (nSPS) is 13.2. The van der Waals surface area contributed by atoms with Crippen molar-refractivity contribution in [1.29, 1.82) is 5.26 Å². The third-order valence-corrected chi connectivity index (χ3v) is 9.81. The number of nitrogens with zero attached hydrogens (tertiary/aromatic N) is 2. The average molecular weight is 631 g/mol. The largest absolute Gasteiger partial charge is 0.492 e. The van der Waals surface area contributed by atoms with Crippen LogP contribution in [0.4, 0.5) is 0 Å². The Morgan fingerprint density at radius 2 is 1.21 bits per heavy atom. The van der Waals surface area contributed by atoms with Gasteiger partial charge in [-0.2, -0.15) is 0 Å². The molecule has 10 heteroatoms. The Morgan fingerprint density at radius 1 is 0.767 bits per heavy atom. The van der Waals surface area contributed by atoms with Crippen LogP contribution < -0.4 is 9.47 Å². The summed E-state index contributed by atoms with van der Waals surface area (Å²) in [5, 5.41) is 26.9. The van der Waals surface area contributed by atoms with E-state index in [0.717, 1.165) is 130 Å². The minimum Gasteiger partial charge on any atom is -0.492 e. The zero-order chi connectivity index (χ0) is 31.3. The van der Waals surface area contributed by atoms with E-state index in [0.29, 0.717) is 17.5 Å². The zero-order valence-electron chi connectivity index (χ0n) is 25.5. The summed E-state index contributed by atoms with van der Waals surface area (Å²) in [6, 6.07) is 4.03. The highest BCUT2D eigenvalue weighted by molar-refractivity contribution is 8.24. The number of rotatable bonds is 24. The third kappa shape index (κ3) is 14.5. The van der Waals surface area contributed by atoms with Crippen LogP contribution in [0.1, 0.15) is 121 Å². The molecule has 1 heterocycles. The van der Waals surface area contributed by atoms with E-state index in [1.807, 2.05) is 19.1 Å². The smallest absolute Gasteiger partial charge is 0.303 e. The highest BCUT2D eigenvalue weighted by atomic mass is 32.2. The second-order valence-electron chi connectivity index (χ2n) is 10.9. The molecule has 8 nitrogen and oxygen atoms in total. The highest BCUT2D eigenvalue weighted by Crippen LogP contribution is 2.59. The van der Waals surface area contributed by atoms with Crippen LogP contribution >= 0.6 is 23.5 Å². The number of aryl methyl sites for hydroxylation is 1. The molecule has 2 rings (SSSR count). The van der Waals surface area contributed by atoms with Gasteiger partial charge in [0.05, 0.1) is 39.9 Å². The Morgan fingerprint density at radius 3 is 1.67 bits per heavy atom. The topological polar surface area (TPSA) is 121 Å². The molecule has 1 aromatic rings. The molecule has 0 radical (unpaired) electrons. The first-order valence-electron chi connectivity index (χ1n) is 15.6. The SMILES string of the molecule is [C-]#[N+]/C(C#N)=C1\Sc2c(OCCCCCCCCCCC(=O)O)cc(C)c(OCCCCCCCCCCC(=O)O)c2S1. The lowest BCUT2D eigenvalue weighted by Gasteiger charge is -2.16. The van der Waals surface area contributed by atoms with Crippen molar-refractivity contribution < 1.29 is 29.3 Å².